The maximum Gasteiger partial charge on any atom is 0.0753 e. The number of pyridine rings is 1. The second-order valence-corrected chi connectivity index (χ2v) is 5.44. The highest BCUT2D eigenvalue weighted by atomic mass is 35.5. The summed E-state index contributed by atoms with van der Waals surface area (Å²) in [4.78, 5) is 4.49. The van der Waals surface area contributed by atoms with Crippen LogP contribution >= 0.6 is 11.6 Å². The van der Waals surface area contributed by atoms with Crippen molar-refractivity contribution in [3.63, 3.8) is 0 Å². The van der Waals surface area contributed by atoms with Gasteiger partial charge in [0.2, 0.25) is 0 Å². The zero-order chi connectivity index (χ0) is 14.8. The largest absolute Gasteiger partial charge is 0.271 e. The number of aryl methyl sites for hydroxylation is 1. The fraction of sp³-hybridized carbons (Fsp3) is 0.118. The molecule has 3 rings (SSSR count). The molecule has 106 valence electrons. The van der Waals surface area contributed by atoms with E-state index in [4.69, 9.17) is 17.4 Å². The van der Waals surface area contributed by atoms with Gasteiger partial charge >= 0.3 is 0 Å². The minimum Gasteiger partial charge on any atom is -0.271 e. The van der Waals surface area contributed by atoms with Gasteiger partial charge in [0.1, 0.15) is 0 Å². The van der Waals surface area contributed by atoms with Gasteiger partial charge in [0.05, 0.1) is 11.6 Å². The lowest BCUT2D eigenvalue weighted by molar-refractivity contribution is 0.640. The van der Waals surface area contributed by atoms with Gasteiger partial charge in [0.25, 0.3) is 0 Å². The van der Waals surface area contributed by atoms with Crippen LogP contribution in [0.2, 0.25) is 5.02 Å². The molecule has 21 heavy (non-hydrogen) atoms. The lowest BCUT2D eigenvalue weighted by Gasteiger charge is -2.19. The van der Waals surface area contributed by atoms with Crippen molar-refractivity contribution in [1.82, 2.24) is 10.4 Å². The number of hydrazine groups is 1. The van der Waals surface area contributed by atoms with Gasteiger partial charge in [0, 0.05) is 22.2 Å². The molecule has 4 heteroatoms. The summed E-state index contributed by atoms with van der Waals surface area (Å²) in [6.45, 7) is 1.98. The lowest BCUT2D eigenvalue weighted by Crippen LogP contribution is -2.29. The third-order valence-corrected chi connectivity index (χ3v) is 4.08. The molecule has 0 spiro atoms. The number of nitrogens with one attached hydrogen (secondary N) is 1. The average molecular weight is 298 g/mol. The predicted molar refractivity (Wildman–Crippen MR) is 87.1 cm³/mol. The van der Waals surface area contributed by atoms with Gasteiger partial charge < -0.3 is 0 Å². The molecule has 3 nitrogen and oxygen atoms in total. The van der Waals surface area contributed by atoms with Crippen LogP contribution < -0.4 is 11.3 Å². The number of fused-ring (bicyclic) bond motifs is 1. The summed E-state index contributed by atoms with van der Waals surface area (Å²) >= 11 is 6.24. The van der Waals surface area contributed by atoms with Crippen molar-refractivity contribution in [2.24, 2.45) is 5.84 Å². The number of benzene rings is 2. The van der Waals surface area contributed by atoms with E-state index in [9.17, 15) is 0 Å². The first-order valence-electron chi connectivity index (χ1n) is 6.76. The molecule has 0 saturated heterocycles. The van der Waals surface area contributed by atoms with Crippen molar-refractivity contribution < 1.29 is 0 Å². The second-order valence-electron chi connectivity index (χ2n) is 5.03. The minimum absolute atomic E-state index is 0.151. The van der Waals surface area contributed by atoms with Crippen LogP contribution in [0.4, 0.5) is 0 Å². The van der Waals surface area contributed by atoms with Gasteiger partial charge in [-0.3, -0.25) is 10.8 Å². The summed E-state index contributed by atoms with van der Waals surface area (Å²) in [5, 5.41) is 1.83. The maximum absolute atomic E-state index is 6.24. The summed E-state index contributed by atoms with van der Waals surface area (Å²) in [7, 11) is 0. The van der Waals surface area contributed by atoms with E-state index in [2.05, 4.69) is 10.4 Å². The molecule has 1 heterocycles. The number of halogens is 1. The summed E-state index contributed by atoms with van der Waals surface area (Å²) in [5.41, 5.74) is 6.92. The van der Waals surface area contributed by atoms with Gasteiger partial charge in [-0.15, -0.1) is 0 Å². The molecule has 0 fully saturated rings. The summed E-state index contributed by atoms with van der Waals surface area (Å²) in [5.74, 6) is 5.80. The van der Waals surface area contributed by atoms with Crippen LogP contribution in [0.5, 0.6) is 0 Å². The van der Waals surface area contributed by atoms with Crippen molar-refractivity contribution in [2.45, 2.75) is 13.0 Å². The van der Waals surface area contributed by atoms with Crippen molar-refractivity contribution >= 4 is 22.5 Å². The van der Waals surface area contributed by atoms with E-state index >= 15 is 0 Å². The summed E-state index contributed by atoms with van der Waals surface area (Å²) in [6.07, 6.45) is 1.79. The molecule has 0 bridgehead atoms. The summed E-state index contributed by atoms with van der Waals surface area (Å²) < 4.78 is 0. The van der Waals surface area contributed by atoms with Crippen LogP contribution in [0, 0.1) is 6.92 Å². The van der Waals surface area contributed by atoms with Crippen LogP contribution in [0.25, 0.3) is 10.9 Å². The van der Waals surface area contributed by atoms with Crippen LogP contribution in [-0.4, -0.2) is 4.98 Å². The molecule has 3 N–H and O–H groups in total. The number of rotatable bonds is 3. The van der Waals surface area contributed by atoms with E-state index in [-0.39, 0.29) is 6.04 Å². The number of para-hydroxylation sites is 1. The lowest BCUT2D eigenvalue weighted by atomic mass is 9.96. The molecule has 0 aliphatic rings. The highest BCUT2D eigenvalue weighted by molar-refractivity contribution is 6.31. The van der Waals surface area contributed by atoms with E-state index < -0.39 is 0 Å². The minimum atomic E-state index is -0.151. The second kappa shape index (κ2) is 5.82. The Kier molecular flexibility index (Phi) is 3.88. The van der Waals surface area contributed by atoms with Crippen LogP contribution in [-0.2, 0) is 0 Å². The number of hydrogen-bond donors (Lipinski definition) is 2. The number of nitrogens with zero attached hydrogens (tertiary/aromatic N) is 1. The first-order chi connectivity index (χ1) is 10.2. The van der Waals surface area contributed by atoms with Crippen molar-refractivity contribution in [2.75, 3.05) is 0 Å². The van der Waals surface area contributed by atoms with Crippen LogP contribution in [0.3, 0.4) is 0 Å². The Bertz CT molecular complexity index is 781. The highest BCUT2D eigenvalue weighted by Crippen LogP contribution is 2.29. The predicted octanol–water partition coefficient (Wildman–Crippen LogP) is 3.75. The Morgan fingerprint density at radius 2 is 1.95 bits per heavy atom. The summed E-state index contributed by atoms with van der Waals surface area (Å²) in [6, 6.07) is 15.9. The van der Waals surface area contributed by atoms with E-state index in [0.29, 0.717) is 0 Å². The van der Waals surface area contributed by atoms with Crippen LogP contribution in [0.15, 0.2) is 54.7 Å². The van der Waals surface area contributed by atoms with Gasteiger partial charge in [-0.25, -0.2) is 5.43 Å². The Balaban J connectivity index is 2.16. The maximum atomic E-state index is 6.24. The number of aromatic nitrogens is 1. The van der Waals surface area contributed by atoms with E-state index in [1.807, 2.05) is 55.5 Å². The molecule has 0 saturated carbocycles. The third kappa shape index (κ3) is 2.63. The van der Waals surface area contributed by atoms with E-state index in [1.165, 1.54) is 0 Å². The fourth-order valence-corrected chi connectivity index (χ4v) is 2.70. The van der Waals surface area contributed by atoms with E-state index in [0.717, 1.165) is 32.6 Å². The Morgan fingerprint density at radius 1 is 1.14 bits per heavy atom. The quantitative estimate of drug-likeness (QED) is 0.572. The molecule has 2 aromatic carbocycles. The SMILES string of the molecule is Cc1ccc(C(NN)c2cccc3cccnc23)cc1Cl. The molecule has 0 amide bonds. The molecular formula is C17H16ClN3. The molecule has 1 atom stereocenters. The zero-order valence-corrected chi connectivity index (χ0v) is 12.4. The average Bonchev–Trinajstić information content (AvgIpc) is 2.52. The molecule has 3 aromatic rings. The van der Waals surface area contributed by atoms with Crippen molar-refractivity contribution in [1.29, 1.82) is 0 Å². The highest BCUT2D eigenvalue weighted by Gasteiger charge is 2.16. The smallest absolute Gasteiger partial charge is 0.0753 e. The Labute approximate surface area is 128 Å². The topological polar surface area (TPSA) is 50.9 Å². The third-order valence-electron chi connectivity index (χ3n) is 3.67. The molecule has 1 aromatic heterocycles. The Morgan fingerprint density at radius 3 is 2.71 bits per heavy atom. The van der Waals surface area contributed by atoms with Gasteiger partial charge in [-0.05, 0) is 30.2 Å². The van der Waals surface area contributed by atoms with Crippen LogP contribution in [0.1, 0.15) is 22.7 Å². The normalized spacial score (nSPS) is 12.5. The standard InChI is InChI=1S/C17H16ClN3/c1-11-7-8-13(10-15(11)18)17(21-19)14-6-2-4-12-5-3-9-20-16(12)14/h2-10,17,21H,19H2,1H3. The number of nitrogens with two attached hydrogens (primary N) is 1. The molecule has 0 aliphatic heterocycles. The first-order valence-corrected chi connectivity index (χ1v) is 7.14. The van der Waals surface area contributed by atoms with Crippen molar-refractivity contribution in [3.8, 4) is 0 Å². The monoisotopic (exact) mass is 297 g/mol. The molecular weight excluding hydrogens is 282 g/mol. The zero-order valence-electron chi connectivity index (χ0n) is 11.7. The first kappa shape index (κ1) is 14.0. The number of hydrogen-bond acceptors (Lipinski definition) is 3. The van der Waals surface area contributed by atoms with E-state index in [1.54, 1.807) is 6.20 Å². The fourth-order valence-electron chi connectivity index (χ4n) is 2.51. The van der Waals surface area contributed by atoms with Crippen molar-refractivity contribution in [3.05, 3.63) is 76.4 Å². The van der Waals surface area contributed by atoms with Gasteiger partial charge in [-0.1, -0.05) is 48.0 Å². The molecule has 0 aliphatic carbocycles. The van der Waals surface area contributed by atoms with Gasteiger partial charge in [0.15, 0.2) is 0 Å². The molecule has 0 radical (unpaired) electrons. The van der Waals surface area contributed by atoms with Gasteiger partial charge in [-0.2, -0.15) is 0 Å². The Hall–Kier alpha value is -1.94. The molecule has 1 unspecified atom stereocenters.